The van der Waals surface area contributed by atoms with Crippen LogP contribution in [0.3, 0.4) is 0 Å². The predicted octanol–water partition coefficient (Wildman–Crippen LogP) is 1.84. The molecule has 0 radical (unpaired) electrons. The average Bonchev–Trinajstić information content (AvgIpc) is 2.30. The summed E-state index contributed by atoms with van der Waals surface area (Å²) in [6.45, 7) is 6.96. The summed E-state index contributed by atoms with van der Waals surface area (Å²) in [6.07, 6.45) is 2.65. The fraction of sp³-hybridized carbons (Fsp3) is 0.0833. The molecule has 0 fully saturated rings. The SMILES string of the molecule is C=CC(=O)N(C=C)c1ccc(CO)cc1. The Kier molecular flexibility index (Phi) is 3.83. The van der Waals surface area contributed by atoms with Gasteiger partial charge in [-0.3, -0.25) is 9.69 Å². The molecule has 0 aliphatic heterocycles. The summed E-state index contributed by atoms with van der Waals surface area (Å²) in [6, 6.07) is 6.99. The van der Waals surface area contributed by atoms with Gasteiger partial charge >= 0.3 is 0 Å². The maximum absolute atomic E-state index is 11.4. The fourth-order valence-electron chi connectivity index (χ4n) is 1.18. The largest absolute Gasteiger partial charge is 0.392 e. The molecule has 1 aromatic rings. The van der Waals surface area contributed by atoms with Crippen LogP contribution in [0.25, 0.3) is 0 Å². The van der Waals surface area contributed by atoms with Crippen molar-refractivity contribution in [1.82, 2.24) is 0 Å². The van der Waals surface area contributed by atoms with Crippen molar-refractivity contribution in [2.24, 2.45) is 0 Å². The van der Waals surface area contributed by atoms with Gasteiger partial charge in [0.15, 0.2) is 0 Å². The van der Waals surface area contributed by atoms with Gasteiger partial charge in [-0.1, -0.05) is 25.3 Å². The van der Waals surface area contributed by atoms with E-state index in [2.05, 4.69) is 13.2 Å². The van der Waals surface area contributed by atoms with Gasteiger partial charge in [0.25, 0.3) is 5.91 Å². The lowest BCUT2D eigenvalue weighted by molar-refractivity contribution is -0.113. The monoisotopic (exact) mass is 203 g/mol. The van der Waals surface area contributed by atoms with Crippen LogP contribution in [0.15, 0.2) is 49.7 Å². The number of carbonyl (C=O) groups excluding carboxylic acids is 1. The summed E-state index contributed by atoms with van der Waals surface area (Å²) in [4.78, 5) is 12.8. The lowest BCUT2D eigenvalue weighted by Crippen LogP contribution is -2.22. The molecular weight excluding hydrogens is 190 g/mol. The maximum atomic E-state index is 11.4. The Balaban J connectivity index is 2.97. The number of anilines is 1. The van der Waals surface area contributed by atoms with Gasteiger partial charge in [-0.15, -0.1) is 0 Å². The highest BCUT2D eigenvalue weighted by molar-refractivity contribution is 6.02. The van der Waals surface area contributed by atoms with Crippen LogP contribution in [0.1, 0.15) is 5.56 Å². The van der Waals surface area contributed by atoms with Gasteiger partial charge in [-0.25, -0.2) is 0 Å². The Morgan fingerprint density at radius 2 is 1.93 bits per heavy atom. The first kappa shape index (κ1) is 11.2. The van der Waals surface area contributed by atoms with Crippen molar-refractivity contribution >= 4 is 11.6 Å². The number of amides is 1. The number of rotatable bonds is 4. The molecule has 15 heavy (non-hydrogen) atoms. The molecule has 0 bridgehead atoms. The molecule has 1 N–H and O–H groups in total. The smallest absolute Gasteiger partial charge is 0.254 e. The molecule has 3 nitrogen and oxygen atoms in total. The molecule has 0 aliphatic rings. The minimum Gasteiger partial charge on any atom is -0.392 e. The molecule has 0 atom stereocenters. The Morgan fingerprint density at radius 1 is 1.33 bits per heavy atom. The summed E-state index contributed by atoms with van der Waals surface area (Å²) in [5, 5.41) is 8.86. The molecule has 1 amide bonds. The van der Waals surface area contributed by atoms with Crippen LogP contribution in [0.5, 0.6) is 0 Å². The standard InChI is InChI=1S/C12H13NO2/c1-3-12(15)13(4-2)11-7-5-10(9-14)6-8-11/h3-8,14H,1-2,9H2. The maximum Gasteiger partial charge on any atom is 0.254 e. The van der Waals surface area contributed by atoms with E-state index in [1.54, 1.807) is 24.3 Å². The Labute approximate surface area is 89.0 Å². The second-order valence-electron chi connectivity index (χ2n) is 2.92. The van der Waals surface area contributed by atoms with Gasteiger partial charge in [-0.05, 0) is 23.8 Å². The number of aliphatic hydroxyl groups excluding tert-OH is 1. The highest BCUT2D eigenvalue weighted by atomic mass is 16.3. The Morgan fingerprint density at radius 3 is 2.33 bits per heavy atom. The van der Waals surface area contributed by atoms with E-state index in [4.69, 9.17) is 5.11 Å². The highest BCUT2D eigenvalue weighted by Crippen LogP contribution is 2.16. The first-order chi connectivity index (χ1) is 7.22. The van der Waals surface area contributed by atoms with E-state index in [0.29, 0.717) is 5.69 Å². The van der Waals surface area contributed by atoms with E-state index in [9.17, 15) is 4.79 Å². The number of benzene rings is 1. The Hall–Kier alpha value is -1.87. The summed E-state index contributed by atoms with van der Waals surface area (Å²) >= 11 is 0. The van der Waals surface area contributed by atoms with E-state index in [1.165, 1.54) is 17.2 Å². The summed E-state index contributed by atoms with van der Waals surface area (Å²) < 4.78 is 0. The number of carbonyl (C=O) groups is 1. The normalized spacial score (nSPS) is 9.40. The van der Waals surface area contributed by atoms with Crippen molar-refractivity contribution in [3.05, 3.63) is 55.3 Å². The molecule has 0 heterocycles. The molecule has 1 rings (SSSR count). The zero-order valence-electron chi connectivity index (χ0n) is 8.39. The van der Waals surface area contributed by atoms with Gasteiger partial charge in [0.2, 0.25) is 0 Å². The van der Waals surface area contributed by atoms with Crippen LogP contribution in [-0.4, -0.2) is 11.0 Å². The van der Waals surface area contributed by atoms with E-state index >= 15 is 0 Å². The molecule has 0 aliphatic carbocycles. The third-order valence-electron chi connectivity index (χ3n) is 1.99. The quantitative estimate of drug-likeness (QED) is 0.758. The third kappa shape index (κ3) is 2.54. The van der Waals surface area contributed by atoms with E-state index in [0.717, 1.165) is 5.56 Å². The van der Waals surface area contributed by atoms with Crippen LogP contribution < -0.4 is 4.90 Å². The molecule has 78 valence electrons. The van der Waals surface area contributed by atoms with Crippen molar-refractivity contribution in [2.45, 2.75) is 6.61 Å². The molecule has 3 heteroatoms. The van der Waals surface area contributed by atoms with Gasteiger partial charge in [0.05, 0.1) is 6.61 Å². The topological polar surface area (TPSA) is 40.5 Å². The molecule has 1 aromatic carbocycles. The van der Waals surface area contributed by atoms with Crippen molar-refractivity contribution in [3.8, 4) is 0 Å². The van der Waals surface area contributed by atoms with Crippen LogP contribution in [0, 0.1) is 0 Å². The van der Waals surface area contributed by atoms with Crippen molar-refractivity contribution < 1.29 is 9.90 Å². The number of aliphatic hydroxyl groups is 1. The van der Waals surface area contributed by atoms with Gasteiger partial charge in [0, 0.05) is 11.9 Å². The first-order valence-electron chi connectivity index (χ1n) is 4.51. The zero-order chi connectivity index (χ0) is 11.3. The minimum absolute atomic E-state index is 0.0101. The molecule has 0 aromatic heterocycles. The predicted molar refractivity (Wildman–Crippen MR) is 60.2 cm³/mol. The lowest BCUT2D eigenvalue weighted by atomic mass is 10.2. The van der Waals surface area contributed by atoms with Gasteiger partial charge < -0.3 is 5.11 Å². The molecule has 0 saturated heterocycles. The first-order valence-corrected chi connectivity index (χ1v) is 4.51. The Bertz CT molecular complexity index is 368. The minimum atomic E-state index is -0.234. The third-order valence-corrected chi connectivity index (χ3v) is 1.99. The van der Waals surface area contributed by atoms with Crippen molar-refractivity contribution in [2.75, 3.05) is 4.90 Å². The fourth-order valence-corrected chi connectivity index (χ4v) is 1.18. The highest BCUT2D eigenvalue weighted by Gasteiger charge is 2.08. The van der Waals surface area contributed by atoms with Crippen LogP contribution in [-0.2, 0) is 11.4 Å². The second kappa shape index (κ2) is 5.12. The summed E-state index contributed by atoms with van der Waals surface area (Å²) in [7, 11) is 0. The van der Waals surface area contributed by atoms with E-state index in [-0.39, 0.29) is 12.5 Å². The summed E-state index contributed by atoms with van der Waals surface area (Å²) in [5.74, 6) is -0.234. The second-order valence-corrected chi connectivity index (χ2v) is 2.92. The van der Waals surface area contributed by atoms with E-state index in [1.807, 2.05) is 0 Å². The van der Waals surface area contributed by atoms with Crippen LogP contribution >= 0.6 is 0 Å². The molecule has 0 saturated carbocycles. The number of hydrogen-bond acceptors (Lipinski definition) is 2. The zero-order valence-corrected chi connectivity index (χ0v) is 8.39. The molecule has 0 spiro atoms. The number of hydrogen-bond donors (Lipinski definition) is 1. The lowest BCUT2D eigenvalue weighted by Gasteiger charge is -2.16. The van der Waals surface area contributed by atoms with Crippen molar-refractivity contribution in [3.63, 3.8) is 0 Å². The van der Waals surface area contributed by atoms with Gasteiger partial charge in [0.1, 0.15) is 0 Å². The van der Waals surface area contributed by atoms with Crippen LogP contribution in [0.2, 0.25) is 0 Å². The van der Waals surface area contributed by atoms with E-state index < -0.39 is 0 Å². The molecular formula is C12H13NO2. The summed E-state index contributed by atoms with van der Waals surface area (Å²) in [5.41, 5.74) is 1.50. The average molecular weight is 203 g/mol. The number of nitrogens with zero attached hydrogens (tertiary/aromatic N) is 1. The van der Waals surface area contributed by atoms with Crippen LogP contribution in [0.4, 0.5) is 5.69 Å². The van der Waals surface area contributed by atoms with Gasteiger partial charge in [-0.2, -0.15) is 0 Å². The molecule has 0 unspecified atom stereocenters. The van der Waals surface area contributed by atoms with Crippen molar-refractivity contribution in [1.29, 1.82) is 0 Å².